The summed E-state index contributed by atoms with van der Waals surface area (Å²) in [5.41, 5.74) is 9.65. The van der Waals surface area contributed by atoms with Gasteiger partial charge in [0.1, 0.15) is 11.5 Å². The van der Waals surface area contributed by atoms with Gasteiger partial charge in [-0.2, -0.15) is 5.11 Å². The number of nitrogens with zero attached hydrogens (tertiary/aromatic N) is 1. The Labute approximate surface area is 126 Å². The number of aliphatic hydroxyl groups is 1. The zero-order chi connectivity index (χ0) is 16.4. The SMILES string of the molecule is CC.CCC(CC)=C(N=N)c1c(O)cc(OC)cc1CO. The molecular weight excluding hydrogens is 268 g/mol. The molecule has 0 aliphatic rings. The molecule has 0 aromatic heterocycles. The number of rotatable bonds is 6. The van der Waals surface area contributed by atoms with Crippen molar-refractivity contribution >= 4 is 5.70 Å². The predicted molar refractivity (Wildman–Crippen MR) is 84.6 cm³/mol. The minimum atomic E-state index is -0.250. The maximum Gasteiger partial charge on any atom is 0.129 e. The molecule has 0 unspecified atom stereocenters. The molecule has 0 bridgehead atoms. The van der Waals surface area contributed by atoms with E-state index >= 15 is 0 Å². The van der Waals surface area contributed by atoms with E-state index in [0.717, 1.165) is 18.4 Å². The van der Waals surface area contributed by atoms with Crippen LogP contribution in [0, 0.1) is 5.53 Å². The Morgan fingerprint density at radius 2 is 1.81 bits per heavy atom. The van der Waals surface area contributed by atoms with Crippen molar-refractivity contribution in [2.75, 3.05) is 7.11 Å². The normalized spacial score (nSPS) is 9.43. The lowest BCUT2D eigenvalue weighted by atomic mass is 9.97. The molecule has 5 heteroatoms. The Hall–Kier alpha value is -1.88. The molecule has 1 aromatic carbocycles. The molecule has 0 radical (unpaired) electrons. The molecular formula is C16H26N2O3. The summed E-state index contributed by atoms with van der Waals surface area (Å²) in [7, 11) is 1.49. The number of hydrogen-bond donors (Lipinski definition) is 3. The van der Waals surface area contributed by atoms with E-state index in [1.807, 2.05) is 27.7 Å². The smallest absolute Gasteiger partial charge is 0.129 e. The van der Waals surface area contributed by atoms with Crippen LogP contribution in [0.3, 0.4) is 0 Å². The number of aromatic hydroxyl groups is 1. The van der Waals surface area contributed by atoms with Crippen molar-refractivity contribution in [2.24, 2.45) is 5.11 Å². The van der Waals surface area contributed by atoms with Crippen LogP contribution in [0.15, 0.2) is 22.8 Å². The molecule has 0 saturated carbocycles. The van der Waals surface area contributed by atoms with Crippen molar-refractivity contribution < 1.29 is 14.9 Å². The first-order valence-electron chi connectivity index (χ1n) is 7.23. The Balaban J connectivity index is 0.00000191. The van der Waals surface area contributed by atoms with E-state index in [1.54, 1.807) is 6.07 Å². The molecule has 0 heterocycles. The summed E-state index contributed by atoms with van der Waals surface area (Å²) >= 11 is 0. The van der Waals surface area contributed by atoms with Crippen molar-refractivity contribution in [3.8, 4) is 11.5 Å². The van der Waals surface area contributed by atoms with Gasteiger partial charge in [0, 0.05) is 11.6 Å². The average molecular weight is 294 g/mol. The van der Waals surface area contributed by atoms with E-state index in [9.17, 15) is 10.2 Å². The lowest BCUT2D eigenvalue weighted by Gasteiger charge is -2.14. The van der Waals surface area contributed by atoms with Crippen LogP contribution in [0.1, 0.15) is 51.7 Å². The number of nitrogens with one attached hydrogen (secondary N) is 1. The zero-order valence-electron chi connectivity index (χ0n) is 13.5. The van der Waals surface area contributed by atoms with E-state index in [0.29, 0.717) is 22.6 Å². The molecule has 0 fully saturated rings. The van der Waals surface area contributed by atoms with Gasteiger partial charge in [0.2, 0.25) is 0 Å². The first-order valence-corrected chi connectivity index (χ1v) is 7.23. The highest BCUT2D eigenvalue weighted by Gasteiger charge is 2.17. The second kappa shape index (κ2) is 9.94. The zero-order valence-corrected chi connectivity index (χ0v) is 13.5. The quantitative estimate of drug-likeness (QED) is 0.676. The highest BCUT2D eigenvalue weighted by molar-refractivity contribution is 5.75. The van der Waals surface area contributed by atoms with Crippen LogP contribution in [-0.4, -0.2) is 17.3 Å². The van der Waals surface area contributed by atoms with Gasteiger partial charge in [-0.15, -0.1) is 0 Å². The maximum atomic E-state index is 10.1. The first-order chi connectivity index (χ1) is 10.1. The molecule has 0 aliphatic carbocycles. The van der Waals surface area contributed by atoms with Gasteiger partial charge in [-0.1, -0.05) is 27.7 Å². The van der Waals surface area contributed by atoms with Crippen LogP contribution < -0.4 is 4.74 Å². The number of allylic oxidation sites excluding steroid dienone is 1. The standard InChI is InChI=1S/C14H20N2O3.C2H6/c1-4-9(5-2)14(16-15)13-10(8-17)6-11(19-3)7-12(13)18;1-2/h6-7,15,17-18H,4-5,8H2,1-3H3;1-2H3. The summed E-state index contributed by atoms with van der Waals surface area (Å²) in [5, 5.41) is 23.1. The number of phenolic OH excluding ortho intramolecular Hbond substituents is 1. The van der Waals surface area contributed by atoms with Gasteiger partial charge < -0.3 is 14.9 Å². The Morgan fingerprint density at radius 3 is 2.19 bits per heavy atom. The molecule has 118 valence electrons. The van der Waals surface area contributed by atoms with Gasteiger partial charge >= 0.3 is 0 Å². The van der Waals surface area contributed by atoms with Crippen LogP contribution in [0.5, 0.6) is 11.5 Å². The van der Waals surface area contributed by atoms with E-state index < -0.39 is 0 Å². The molecule has 0 aliphatic heterocycles. The molecule has 0 atom stereocenters. The Kier molecular flexibility index (Phi) is 9.05. The van der Waals surface area contributed by atoms with Crippen LogP contribution in [0.25, 0.3) is 5.70 Å². The van der Waals surface area contributed by atoms with Crippen molar-refractivity contribution in [3.63, 3.8) is 0 Å². The van der Waals surface area contributed by atoms with Gasteiger partial charge in [0.05, 0.1) is 19.4 Å². The van der Waals surface area contributed by atoms with Crippen molar-refractivity contribution in [3.05, 3.63) is 28.8 Å². The fourth-order valence-corrected chi connectivity index (χ4v) is 2.07. The number of aliphatic hydroxyl groups excluding tert-OH is 1. The van der Waals surface area contributed by atoms with Crippen LogP contribution in [-0.2, 0) is 6.61 Å². The monoisotopic (exact) mass is 294 g/mol. The summed E-state index contributed by atoms with van der Waals surface area (Å²) in [6.07, 6.45) is 1.48. The second-order valence-electron chi connectivity index (χ2n) is 4.11. The van der Waals surface area contributed by atoms with Gasteiger partial charge in [0.25, 0.3) is 0 Å². The van der Waals surface area contributed by atoms with Gasteiger partial charge in [-0.25, -0.2) is 5.53 Å². The summed E-state index contributed by atoms with van der Waals surface area (Å²) in [5.74, 6) is 0.429. The minimum absolute atomic E-state index is 0.0335. The molecule has 1 aromatic rings. The van der Waals surface area contributed by atoms with E-state index in [4.69, 9.17) is 10.3 Å². The topological polar surface area (TPSA) is 85.9 Å². The number of benzene rings is 1. The van der Waals surface area contributed by atoms with Crippen molar-refractivity contribution in [1.82, 2.24) is 0 Å². The van der Waals surface area contributed by atoms with Crippen molar-refractivity contribution in [1.29, 1.82) is 5.53 Å². The summed E-state index contributed by atoms with van der Waals surface area (Å²) in [6, 6.07) is 3.10. The maximum absolute atomic E-state index is 10.1. The van der Waals surface area contributed by atoms with E-state index in [-0.39, 0.29) is 12.4 Å². The lowest BCUT2D eigenvalue weighted by molar-refractivity contribution is 0.279. The summed E-state index contributed by atoms with van der Waals surface area (Å²) < 4.78 is 5.05. The fourth-order valence-electron chi connectivity index (χ4n) is 2.07. The van der Waals surface area contributed by atoms with Gasteiger partial charge in [-0.3, -0.25) is 0 Å². The largest absolute Gasteiger partial charge is 0.507 e. The van der Waals surface area contributed by atoms with Gasteiger partial charge in [-0.05, 0) is 30.0 Å². The molecule has 3 N–H and O–H groups in total. The van der Waals surface area contributed by atoms with Gasteiger partial charge in [0.15, 0.2) is 0 Å². The van der Waals surface area contributed by atoms with E-state index in [2.05, 4.69) is 5.11 Å². The summed E-state index contributed by atoms with van der Waals surface area (Å²) in [4.78, 5) is 0. The number of hydrogen-bond acceptors (Lipinski definition) is 5. The first kappa shape index (κ1) is 19.1. The highest BCUT2D eigenvalue weighted by atomic mass is 16.5. The van der Waals surface area contributed by atoms with E-state index in [1.165, 1.54) is 13.2 Å². The Bertz CT molecular complexity index is 491. The number of ether oxygens (including phenoxy) is 1. The average Bonchev–Trinajstić information content (AvgIpc) is 2.54. The van der Waals surface area contributed by atoms with Crippen LogP contribution in [0.2, 0.25) is 0 Å². The molecule has 1 rings (SSSR count). The predicted octanol–water partition coefficient (Wildman–Crippen LogP) is 4.48. The third kappa shape index (κ3) is 4.56. The highest BCUT2D eigenvalue weighted by Crippen LogP contribution is 2.36. The molecule has 21 heavy (non-hydrogen) atoms. The second-order valence-corrected chi connectivity index (χ2v) is 4.11. The fraction of sp³-hybridized carbons (Fsp3) is 0.500. The number of methoxy groups -OCH3 is 1. The molecule has 5 nitrogen and oxygen atoms in total. The number of phenols is 1. The molecule has 0 spiro atoms. The molecule has 0 amide bonds. The minimum Gasteiger partial charge on any atom is -0.507 e. The third-order valence-corrected chi connectivity index (χ3v) is 3.12. The lowest BCUT2D eigenvalue weighted by Crippen LogP contribution is -1.98. The molecule has 0 saturated heterocycles. The summed E-state index contributed by atoms with van der Waals surface area (Å²) in [6.45, 7) is 7.70. The van der Waals surface area contributed by atoms with Crippen LogP contribution in [0.4, 0.5) is 0 Å². The van der Waals surface area contributed by atoms with Crippen LogP contribution >= 0.6 is 0 Å². The Morgan fingerprint density at radius 1 is 1.24 bits per heavy atom. The third-order valence-electron chi connectivity index (χ3n) is 3.12. The van der Waals surface area contributed by atoms with Crippen molar-refractivity contribution in [2.45, 2.75) is 47.1 Å².